The van der Waals surface area contributed by atoms with Gasteiger partial charge < -0.3 is 14.6 Å². The molecule has 0 saturated heterocycles. The quantitative estimate of drug-likeness (QED) is 0.911. The van der Waals surface area contributed by atoms with Crippen molar-refractivity contribution in [2.24, 2.45) is 0 Å². The van der Waals surface area contributed by atoms with Crippen molar-refractivity contribution in [2.75, 3.05) is 13.7 Å². The second kappa shape index (κ2) is 4.96. The van der Waals surface area contributed by atoms with Crippen LogP contribution in [0.3, 0.4) is 0 Å². The van der Waals surface area contributed by atoms with Crippen LogP contribution >= 0.6 is 0 Å². The Morgan fingerprint density at radius 2 is 2.25 bits per heavy atom. The van der Waals surface area contributed by atoms with Crippen molar-refractivity contribution in [2.45, 2.75) is 32.0 Å². The van der Waals surface area contributed by atoms with E-state index >= 15 is 0 Å². The highest BCUT2D eigenvalue weighted by Crippen LogP contribution is 2.28. The molecule has 1 N–H and O–H groups in total. The van der Waals surface area contributed by atoms with Gasteiger partial charge in [-0.1, -0.05) is 6.07 Å². The van der Waals surface area contributed by atoms with Crippen LogP contribution in [0, 0.1) is 0 Å². The summed E-state index contributed by atoms with van der Waals surface area (Å²) in [5, 5.41) is 12.2. The van der Waals surface area contributed by atoms with Gasteiger partial charge in [-0.05, 0) is 25.5 Å². The van der Waals surface area contributed by atoms with Crippen LogP contribution in [0.25, 0.3) is 0 Å². The zero-order valence-corrected chi connectivity index (χ0v) is 12.0. The molecule has 0 aliphatic carbocycles. The highest BCUT2D eigenvalue weighted by Gasteiger charge is 2.33. The second-order valence-electron chi connectivity index (χ2n) is 5.42. The van der Waals surface area contributed by atoms with E-state index in [9.17, 15) is 0 Å². The normalized spacial score (nSPS) is 18.9. The molecule has 0 fully saturated rings. The molecule has 3 heterocycles. The Kier molecular flexibility index (Phi) is 3.27. The van der Waals surface area contributed by atoms with E-state index in [1.807, 2.05) is 26.1 Å². The first-order valence-corrected chi connectivity index (χ1v) is 6.75. The maximum Gasteiger partial charge on any atom is 0.164 e. The molecule has 1 aliphatic rings. The predicted octanol–water partition coefficient (Wildman–Crippen LogP) is 1.25. The summed E-state index contributed by atoms with van der Waals surface area (Å²) in [5.74, 6) is 1.79. The molecular weight excluding hydrogens is 254 g/mol. The largest absolute Gasteiger partial charge is 0.371 e. The Morgan fingerprint density at radius 3 is 2.95 bits per heavy atom. The molecule has 3 rings (SSSR count). The van der Waals surface area contributed by atoms with E-state index in [0.29, 0.717) is 0 Å². The van der Waals surface area contributed by atoms with Crippen LogP contribution in [0.4, 0.5) is 0 Å². The van der Waals surface area contributed by atoms with Crippen LogP contribution in [0.1, 0.15) is 37.1 Å². The average Bonchev–Trinajstić information content (AvgIpc) is 2.92. The Morgan fingerprint density at radius 1 is 1.40 bits per heavy atom. The van der Waals surface area contributed by atoms with Gasteiger partial charge in [-0.25, -0.2) is 0 Å². The van der Waals surface area contributed by atoms with Gasteiger partial charge in [0.1, 0.15) is 5.60 Å². The number of nitrogens with zero attached hydrogens (tertiary/aromatic N) is 4. The van der Waals surface area contributed by atoms with E-state index < -0.39 is 5.60 Å². The van der Waals surface area contributed by atoms with Crippen molar-refractivity contribution in [1.82, 2.24) is 25.1 Å². The molecule has 106 valence electrons. The molecule has 6 heteroatoms. The summed E-state index contributed by atoms with van der Waals surface area (Å²) in [7, 11) is 1.70. The fourth-order valence-electron chi connectivity index (χ4n) is 2.51. The zero-order chi connectivity index (χ0) is 14.2. The van der Waals surface area contributed by atoms with Gasteiger partial charge in [0.15, 0.2) is 11.6 Å². The Labute approximate surface area is 118 Å². The van der Waals surface area contributed by atoms with Crippen LogP contribution in [0.2, 0.25) is 0 Å². The summed E-state index contributed by atoms with van der Waals surface area (Å²) >= 11 is 0. The Balaban J connectivity index is 2.03. The first kappa shape index (κ1) is 13.2. The van der Waals surface area contributed by atoms with Crippen LogP contribution in [0.15, 0.2) is 24.5 Å². The van der Waals surface area contributed by atoms with E-state index in [-0.39, 0.29) is 6.04 Å². The number of hydrogen-bond acceptors (Lipinski definition) is 5. The van der Waals surface area contributed by atoms with Gasteiger partial charge in [-0.3, -0.25) is 4.98 Å². The molecule has 0 saturated carbocycles. The standard InChI is InChI=1S/C14H19N5O/c1-14(2,20-3)13-18-17-12-11(16-7-8-19(12)13)10-5-4-6-15-9-10/h4-6,9,11,16H,7-8H2,1-3H3. The minimum absolute atomic E-state index is 0.0337. The molecule has 0 amide bonds. The highest BCUT2D eigenvalue weighted by molar-refractivity contribution is 5.24. The number of aromatic nitrogens is 4. The van der Waals surface area contributed by atoms with Gasteiger partial charge in [0.25, 0.3) is 0 Å². The topological polar surface area (TPSA) is 64.9 Å². The smallest absolute Gasteiger partial charge is 0.164 e. The fourth-order valence-corrected chi connectivity index (χ4v) is 2.51. The SMILES string of the molecule is COC(C)(C)c1nnc2n1CCNC2c1cccnc1. The third-order valence-corrected chi connectivity index (χ3v) is 3.79. The number of ether oxygens (including phenoxy) is 1. The van der Waals surface area contributed by atoms with Crippen molar-refractivity contribution in [1.29, 1.82) is 0 Å². The molecule has 1 aliphatic heterocycles. The van der Waals surface area contributed by atoms with E-state index in [1.165, 1.54) is 0 Å². The van der Waals surface area contributed by atoms with E-state index in [4.69, 9.17) is 4.74 Å². The van der Waals surface area contributed by atoms with E-state index in [2.05, 4.69) is 31.1 Å². The zero-order valence-electron chi connectivity index (χ0n) is 12.0. The lowest BCUT2D eigenvalue weighted by Crippen LogP contribution is -2.37. The number of fused-ring (bicyclic) bond motifs is 1. The molecular formula is C14H19N5O. The van der Waals surface area contributed by atoms with Crippen LogP contribution in [-0.2, 0) is 16.9 Å². The lowest BCUT2D eigenvalue weighted by Gasteiger charge is -2.28. The van der Waals surface area contributed by atoms with Gasteiger partial charge in [0.05, 0.1) is 6.04 Å². The van der Waals surface area contributed by atoms with Crippen molar-refractivity contribution in [3.05, 3.63) is 41.7 Å². The molecule has 6 nitrogen and oxygen atoms in total. The summed E-state index contributed by atoms with van der Waals surface area (Å²) in [6.07, 6.45) is 3.64. The average molecular weight is 273 g/mol. The fraction of sp³-hybridized carbons (Fsp3) is 0.500. The predicted molar refractivity (Wildman–Crippen MR) is 74.1 cm³/mol. The number of hydrogen-bond donors (Lipinski definition) is 1. The molecule has 1 unspecified atom stereocenters. The summed E-state index contributed by atoms with van der Waals surface area (Å²) in [6, 6.07) is 4.02. The third-order valence-electron chi connectivity index (χ3n) is 3.79. The molecule has 2 aromatic rings. The molecule has 0 radical (unpaired) electrons. The first-order chi connectivity index (χ1) is 9.63. The van der Waals surface area contributed by atoms with Crippen LogP contribution in [-0.4, -0.2) is 33.4 Å². The van der Waals surface area contributed by atoms with Crippen LogP contribution in [0.5, 0.6) is 0 Å². The molecule has 0 aromatic carbocycles. The lowest BCUT2D eigenvalue weighted by molar-refractivity contribution is 0.00772. The summed E-state index contributed by atoms with van der Waals surface area (Å²) in [4.78, 5) is 4.18. The lowest BCUT2D eigenvalue weighted by atomic mass is 10.1. The van der Waals surface area contributed by atoms with Crippen molar-refractivity contribution < 1.29 is 4.74 Å². The minimum atomic E-state index is -0.442. The summed E-state index contributed by atoms with van der Waals surface area (Å²) < 4.78 is 7.68. The molecule has 20 heavy (non-hydrogen) atoms. The second-order valence-corrected chi connectivity index (χ2v) is 5.42. The van der Waals surface area contributed by atoms with Crippen LogP contribution < -0.4 is 5.32 Å². The van der Waals surface area contributed by atoms with Gasteiger partial charge in [0, 0.05) is 32.6 Å². The maximum absolute atomic E-state index is 5.53. The van der Waals surface area contributed by atoms with E-state index in [0.717, 1.165) is 30.3 Å². The number of methoxy groups -OCH3 is 1. The van der Waals surface area contributed by atoms with Crippen molar-refractivity contribution >= 4 is 0 Å². The van der Waals surface area contributed by atoms with E-state index in [1.54, 1.807) is 13.3 Å². The number of rotatable bonds is 3. The van der Waals surface area contributed by atoms with Gasteiger partial charge >= 0.3 is 0 Å². The monoisotopic (exact) mass is 273 g/mol. The molecule has 1 atom stereocenters. The summed E-state index contributed by atoms with van der Waals surface area (Å²) in [6.45, 7) is 5.73. The highest BCUT2D eigenvalue weighted by atomic mass is 16.5. The first-order valence-electron chi connectivity index (χ1n) is 6.75. The van der Waals surface area contributed by atoms with Gasteiger partial charge in [0.2, 0.25) is 0 Å². The van der Waals surface area contributed by atoms with Gasteiger partial charge in [-0.15, -0.1) is 10.2 Å². The third kappa shape index (κ3) is 2.10. The number of nitrogens with one attached hydrogen (secondary N) is 1. The minimum Gasteiger partial charge on any atom is -0.371 e. The summed E-state index contributed by atoms with van der Waals surface area (Å²) in [5.41, 5.74) is 0.657. The maximum atomic E-state index is 5.53. The van der Waals surface area contributed by atoms with Crippen molar-refractivity contribution in [3.63, 3.8) is 0 Å². The Hall–Kier alpha value is -1.79. The van der Waals surface area contributed by atoms with Gasteiger partial charge in [-0.2, -0.15) is 0 Å². The molecule has 0 spiro atoms. The Bertz CT molecular complexity index is 593. The molecule has 2 aromatic heterocycles. The number of pyridine rings is 1. The molecule has 0 bridgehead atoms. The van der Waals surface area contributed by atoms with Crippen molar-refractivity contribution in [3.8, 4) is 0 Å².